The van der Waals surface area contributed by atoms with Crippen LogP contribution in [0.1, 0.15) is 48.3 Å². The van der Waals surface area contributed by atoms with E-state index in [2.05, 4.69) is 21.4 Å². The molecule has 3 aromatic rings. The molecule has 0 radical (unpaired) electrons. The highest BCUT2D eigenvalue weighted by atomic mass is 19.4. The molecule has 1 saturated carbocycles. The maximum Gasteiger partial charge on any atom is 0.412 e. The minimum absolute atomic E-state index is 0.140. The van der Waals surface area contributed by atoms with E-state index in [0.717, 1.165) is 11.1 Å². The van der Waals surface area contributed by atoms with Crippen LogP contribution in [0.25, 0.3) is 10.9 Å². The lowest BCUT2D eigenvalue weighted by Crippen LogP contribution is -2.41. The molecule has 10 heteroatoms. The largest absolute Gasteiger partial charge is 0.490 e. The van der Waals surface area contributed by atoms with Gasteiger partial charge in [-0.2, -0.15) is 18.4 Å². The van der Waals surface area contributed by atoms with Gasteiger partial charge in [-0.1, -0.05) is 12.1 Å². The molecule has 4 rings (SSSR count). The molecule has 1 atom stereocenters. The van der Waals surface area contributed by atoms with E-state index in [-0.39, 0.29) is 41.4 Å². The molecule has 1 N–H and O–H groups in total. The van der Waals surface area contributed by atoms with Crippen LogP contribution < -0.4 is 15.6 Å². The number of nitriles is 1. The van der Waals surface area contributed by atoms with Crippen LogP contribution in [0.5, 0.6) is 5.75 Å². The molecule has 0 amide bonds. The molecule has 0 saturated heterocycles. The highest BCUT2D eigenvalue weighted by Crippen LogP contribution is 2.55. The number of fused-ring (bicyclic) bond motifs is 1. The van der Waals surface area contributed by atoms with Crippen molar-refractivity contribution in [3.63, 3.8) is 0 Å². The lowest BCUT2D eigenvalue weighted by molar-refractivity contribution is -0.180. The fourth-order valence-electron chi connectivity index (χ4n) is 4.19. The minimum Gasteiger partial charge on any atom is -0.490 e. The maximum atomic E-state index is 13.8. The number of pyridine rings is 1. The Kier molecular flexibility index (Phi) is 5.31. The van der Waals surface area contributed by atoms with E-state index in [4.69, 9.17) is 4.74 Å². The average Bonchev–Trinajstić information content (AvgIpc) is 3.55. The molecule has 1 aliphatic rings. The average molecular weight is 457 g/mol. The van der Waals surface area contributed by atoms with Crippen LogP contribution in [0.15, 0.2) is 29.2 Å². The molecule has 33 heavy (non-hydrogen) atoms. The summed E-state index contributed by atoms with van der Waals surface area (Å²) in [6.07, 6.45) is -3.78. The number of alkyl halides is 3. The summed E-state index contributed by atoms with van der Waals surface area (Å²) < 4.78 is 47.4. The smallest absolute Gasteiger partial charge is 0.412 e. The highest BCUT2D eigenvalue weighted by Gasteiger charge is 2.65. The fraction of sp³-hybridized carbons (Fsp3) is 0.391. The Balaban J connectivity index is 1.91. The quantitative estimate of drug-likeness (QED) is 0.606. The Morgan fingerprint density at radius 3 is 2.55 bits per heavy atom. The Labute approximate surface area is 187 Å². The number of rotatable bonds is 5. The number of nitrogens with zero attached hydrogens (tertiary/aromatic N) is 4. The molecule has 0 aliphatic heterocycles. The molecular weight excluding hydrogens is 435 g/mol. The fourth-order valence-corrected chi connectivity index (χ4v) is 4.19. The van der Waals surface area contributed by atoms with Crippen LogP contribution in [-0.2, 0) is 5.54 Å². The van der Waals surface area contributed by atoms with E-state index in [1.165, 1.54) is 13.3 Å². The van der Waals surface area contributed by atoms with Crippen LogP contribution in [0.2, 0.25) is 0 Å². The van der Waals surface area contributed by atoms with Gasteiger partial charge in [0, 0.05) is 6.20 Å². The number of hydrogen-bond donors (Lipinski definition) is 1. The number of methoxy groups -OCH3 is 1. The Morgan fingerprint density at radius 2 is 1.97 bits per heavy atom. The third-order valence-corrected chi connectivity index (χ3v) is 6.18. The van der Waals surface area contributed by atoms with Crippen molar-refractivity contribution < 1.29 is 17.9 Å². The summed E-state index contributed by atoms with van der Waals surface area (Å²) in [6, 6.07) is 7.16. The van der Waals surface area contributed by atoms with Gasteiger partial charge in [0.05, 0.1) is 30.2 Å². The molecule has 2 heterocycles. The Hall–Kier alpha value is -3.61. The summed E-state index contributed by atoms with van der Waals surface area (Å²) in [5.74, 6) is 0.343. The van der Waals surface area contributed by atoms with Crippen molar-refractivity contribution in [1.29, 1.82) is 5.26 Å². The van der Waals surface area contributed by atoms with Gasteiger partial charge in [-0.05, 0) is 50.8 Å². The van der Waals surface area contributed by atoms with Crippen molar-refractivity contribution >= 4 is 16.7 Å². The van der Waals surface area contributed by atoms with Crippen LogP contribution in [0, 0.1) is 25.2 Å². The Bertz CT molecular complexity index is 1350. The predicted molar refractivity (Wildman–Crippen MR) is 116 cm³/mol. The van der Waals surface area contributed by atoms with Crippen LogP contribution in [-0.4, -0.2) is 27.8 Å². The Morgan fingerprint density at radius 1 is 1.27 bits per heavy atom. The molecular formula is C23H22F3N5O2. The SMILES string of the molecule is COc1c(=O)n(C2(C(F)(F)F)CC2)cc2c(NC(C)c3cccc(C#N)c3C)nc(C)nc12. The van der Waals surface area contributed by atoms with Gasteiger partial charge in [-0.25, -0.2) is 9.97 Å². The van der Waals surface area contributed by atoms with Gasteiger partial charge in [0.25, 0.3) is 5.56 Å². The summed E-state index contributed by atoms with van der Waals surface area (Å²) in [7, 11) is 1.23. The molecule has 2 aromatic heterocycles. The molecule has 1 aliphatic carbocycles. The summed E-state index contributed by atoms with van der Waals surface area (Å²) in [6.45, 7) is 5.31. The molecule has 1 fully saturated rings. The van der Waals surface area contributed by atoms with Gasteiger partial charge in [-0.15, -0.1) is 0 Å². The summed E-state index contributed by atoms with van der Waals surface area (Å²) in [4.78, 5) is 21.7. The van der Waals surface area contributed by atoms with Gasteiger partial charge in [0.1, 0.15) is 22.7 Å². The van der Waals surface area contributed by atoms with Crippen LogP contribution in [0.3, 0.4) is 0 Å². The van der Waals surface area contributed by atoms with Crippen LogP contribution >= 0.6 is 0 Å². The molecule has 7 nitrogen and oxygen atoms in total. The lowest BCUT2D eigenvalue weighted by atomic mass is 9.98. The zero-order valence-electron chi connectivity index (χ0n) is 18.5. The second-order valence-corrected chi connectivity index (χ2v) is 8.25. The van der Waals surface area contributed by atoms with Crippen molar-refractivity contribution in [2.75, 3.05) is 12.4 Å². The molecule has 0 bridgehead atoms. The van der Waals surface area contributed by atoms with Crippen molar-refractivity contribution in [1.82, 2.24) is 14.5 Å². The first kappa shape index (κ1) is 22.6. The normalized spacial score (nSPS) is 15.7. The topological polar surface area (TPSA) is 92.8 Å². The van der Waals surface area contributed by atoms with Gasteiger partial charge < -0.3 is 10.1 Å². The third kappa shape index (κ3) is 3.57. The number of hydrogen-bond acceptors (Lipinski definition) is 6. The minimum atomic E-state index is -4.59. The number of aryl methyl sites for hydroxylation is 1. The summed E-state index contributed by atoms with van der Waals surface area (Å²) in [5, 5.41) is 12.8. The van der Waals surface area contributed by atoms with Crippen molar-refractivity contribution in [2.45, 2.75) is 51.4 Å². The first-order valence-corrected chi connectivity index (χ1v) is 10.4. The zero-order chi connectivity index (χ0) is 24.1. The van der Waals surface area contributed by atoms with Gasteiger partial charge in [0.2, 0.25) is 5.75 Å². The van der Waals surface area contributed by atoms with Crippen molar-refractivity contribution in [3.8, 4) is 11.8 Å². The molecule has 172 valence electrons. The molecule has 1 aromatic carbocycles. The van der Waals surface area contributed by atoms with Gasteiger partial charge in [-0.3, -0.25) is 9.36 Å². The maximum absolute atomic E-state index is 13.8. The van der Waals surface area contributed by atoms with Crippen molar-refractivity contribution in [2.24, 2.45) is 0 Å². The van der Waals surface area contributed by atoms with Gasteiger partial charge in [0.15, 0.2) is 0 Å². The summed E-state index contributed by atoms with van der Waals surface area (Å²) in [5.41, 5.74) is -0.833. The lowest BCUT2D eigenvalue weighted by Gasteiger charge is -2.24. The first-order chi connectivity index (χ1) is 15.5. The number of nitrogens with one attached hydrogen (secondary N) is 1. The van der Waals surface area contributed by atoms with Crippen LogP contribution in [0.4, 0.5) is 19.0 Å². The van der Waals surface area contributed by atoms with E-state index in [0.29, 0.717) is 16.0 Å². The first-order valence-electron chi connectivity index (χ1n) is 10.4. The standard InChI is InChI=1S/C23H22F3N5O2/c1-12-15(10-27)6-5-7-16(12)13(2)28-20-17-11-31(22(8-9-22)23(24,25)26)21(32)19(33-4)18(17)29-14(3)30-20/h5-7,11,13H,8-9H2,1-4H3,(H,28,29,30). The summed E-state index contributed by atoms with van der Waals surface area (Å²) >= 11 is 0. The van der Waals surface area contributed by atoms with E-state index in [1.54, 1.807) is 19.1 Å². The van der Waals surface area contributed by atoms with Crippen molar-refractivity contribution in [3.05, 3.63) is 57.3 Å². The third-order valence-electron chi connectivity index (χ3n) is 6.18. The van der Waals surface area contributed by atoms with E-state index in [9.17, 15) is 23.2 Å². The number of anilines is 1. The number of benzene rings is 1. The van der Waals surface area contributed by atoms with E-state index in [1.807, 2.05) is 19.9 Å². The molecule has 1 unspecified atom stereocenters. The number of aromatic nitrogens is 3. The van der Waals surface area contributed by atoms with E-state index < -0.39 is 17.3 Å². The second kappa shape index (κ2) is 7.76. The van der Waals surface area contributed by atoms with E-state index >= 15 is 0 Å². The second-order valence-electron chi connectivity index (χ2n) is 8.25. The van der Waals surface area contributed by atoms with Gasteiger partial charge >= 0.3 is 6.18 Å². The highest BCUT2D eigenvalue weighted by molar-refractivity contribution is 5.92. The molecule has 0 spiro atoms. The number of halogens is 3. The predicted octanol–water partition coefficient (Wildman–Crippen LogP) is 4.51. The zero-order valence-corrected chi connectivity index (χ0v) is 18.5. The number of ether oxygens (including phenoxy) is 1. The monoisotopic (exact) mass is 457 g/mol.